The fraction of sp³-hybridized carbons (Fsp3) is 0.409. The minimum absolute atomic E-state index is 0.0532. The van der Waals surface area contributed by atoms with Gasteiger partial charge in [-0.25, -0.2) is 8.42 Å². The second-order valence-electron chi connectivity index (χ2n) is 7.32. The number of rotatable bonds is 7. The number of sulfonamides is 1. The van der Waals surface area contributed by atoms with Gasteiger partial charge in [0.2, 0.25) is 5.91 Å². The van der Waals surface area contributed by atoms with Gasteiger partial charge < -0.3 is 14.5 Å². The minimum atomic E-state index is -4.02. The van der Waals surface area contributed by atoms with E-state index in [2.05, 4.69) is 11.8 Å². The highest BCUT2D eigenvalue weighted by atomic mass is 32.2. The van der Waals surface area contributed by atoms with E-state index in [9.17, 15) is 13.2 Å². The molecule has 2 aromatic carbocycles. The van der Waals surface area contributed by atoms with Gasteiger partial charge in [-0.05, 0) is 43.3 Å². The molecule has 0 bridgehead atoms. The van der Waals surface area contributed by atoms with Gasteiger partial charge in [0.05, 0.1) is 12.8 Å². The smallest absolute Gasteiger partial charge is 0.268 e. The summed E-state index contributed by atoms with van der Waals surface area (Å²) in [5.41, 5.74) is 1.24. The number of hydrogen-bond acceptors (Lipinski definition) is 5. The molecule has 30 heavy (non-hydrogen) atoms. The van der Waals surface area contributed by atoms with Gasteiger partial charge in [0.15, 0.2) is 0 Å². The number of carbonyl (C=O) groups is 1. The lowest BCUT2D eigenvalue weighted by atomic mass is 10.2. The number of para-hydroxylation sites is 1. The van der Waals surface area contributed by atoms with Crippen LogP contribution in [0.2, 0.25) is 0 Å². The molecule has 1 aliphatic rings. The van der Waals surface area contributed by atoms with Crippen molar-refractivity contribution in [2.24, 2.45) is 0 Å². The van der Waals surface area contributed by atoms with Gasteiger partial charge in [0.1, 0.15) is 17.2 Å². The third-order valence-electron chi connectivity index (χ3n) is 5.38. The largest absolute Gasteiger partial charge is 0.495 e. The van der Waals surface area contributed by atoms with E-state index in [0.29, 0.717) is 18.8 Å². The van der Waals surface area contributed by atoms with Crippen LogP contribution in [-0.4, -0.2) is 70.5 Å². The molecule has 1 saturated heterocycles. The quantitative estimate of drug-likeness (QED) is 0.673. The number of anilines is 1. The molecule has 162 valence electrons. The summed E-state index contributed by atoms with van der Waals surface area (Å²) in [6.07, 6.45) is 0. The molecule has 8 heteroatoms. The van der Waals surface area contributed by atoms with E-state index < -0.39 is 10.0 Å². The Kier molecular flexibility index (Phi) is 6.99. The van der Waals surface area contributed by atoms with Crippen molar-refractivity contribution in [3.8, 4) is 5.75 Å². The standard InChI is InChI=1S/C22H29N3O4S/c1-4-23-12-14-24(15-13-23)22(26)17-25(19-8-6-5-7-9-19)30(27,28)21-16-18(2)10-11-20(21)29-3/h5-11,16H,4,12-15,17H2,1-3H3. The molecule has 0 aliphatic carbocycles. The zero-order valence-electron chi connectivity index (χ0n) is 17.7. The number of amides is 1. The van der Waals surface area contributed by atoms with Gasteiger partial charge in [-0.2, -0.15) is 0 Å². The van der Waals surface area contributed by atoms with Crippen LogP contribution in [0.15, 0.2) is 53.4 Å². The van der Waals surface area contributed by atoms with Crippen LogP contribution in [0.5, 0.6) is 5.75 Å². The Morgan fingerprint density at radius 2 is 1.73 bits per heavy atom. The van der Waals surface area contributed by atoms with Crippen LogP contribution in [0.4, 0.5) is 5.69 Å². The number of likely N-dealkylation sites (N-methyl/N-ethyl adjacent to an activating group) is 1. The maximum Gasteiger partial charge on any atom is 0.268 e. The van der Waals surface area contributed by atoms with Crippen LogP contribution in [0.3, 0.4) is 0 Å². The second kappa shape index (κ2) is 9.49. The molecular weight excluding hydrogens is 402 g/mol. The van der Waals surface area contributed by atoms with Crippen molar-refractivity contribution in [3.05, 3.63) is 54.1 Å². The molecule has 0 atom stereocenters. The Morgan fingerprint density at radius 3 is 2.33 bits per heavy atom. The summed E-state index contributed by atoms with van der Waals surface area (Å²) >= 11 is 0. The molecule has 0 saturated carbocycles. The monoisotopic (exact) mass is 431 g/mol. The Hall–Kier alpha value is -2.58. The third kappa shape index (κ3) is 4.76. The summed E-state index contributed by atoms with van der Waals surface area (Å²) in [6, 6.07) is 13.7. The number of aryl methyl sites for hydroxylation is 1. The highest BCUT2D eigenvalue weighted by molar-refractivity contribution is 7.93. The molecular formula is C22H29N3O4S. The summed E-state index contributed by atoms with van der Waals surface area (Å²) in [5.74, 6) is 0.0512. The third-order valence-corrected chi connectivity index (χ3v) is 7.18. The Labute approximate surface area is 178 Å². The maximum absolute atomic E-state index is 13.6. The molecule has 0 unspecified atom stereocenters. The van der Waals surface area contributed by atoms with Crippen molar-refractivity contribution >= 4 is 21.6 Å². The van der Waals surface area contributed by atoms with Crippen LogP contribution >= 0.6 is 0 Å². The number of piperazine rings is 1. The zero-order chi connectivity index (χ0) is 21.7. The molecule has 3 rings (SSSR count). The zero-order valence-corrected chi connectivity index (χ0v) is 18.6. The Morgan fingerprint density at radius 1 is 1.07 bits per heavy atom. The van der Waals surface area contributed by atoms with Crippen LogP contribution in [0.1, 0.15) is 12.5 Å². The van der Waals surface area contributed by atoms with Crippen molar-refractivity contribution in [3.63, 3.8) is 0 Å². The molecule has 1 fully saturated rings. The first-order valence-electron chi connectivity index (χ1n) is 10.1. The SMILES string of the molecule is CCN1CCN(C(=O)CN(c2ccccc2)S(=O)(=O)c2cc(C)ccc2OC)CC1. The number of nitrogens with zero attached hydrogens (tertiary/aromatic N) is 3. The summed E-state index contributed by atoms with van der Waals surface area (Å²) in [5, 5.41) is 0. The minimum Gasteiger partial charge on any atom is -0.495 e. The van der Waals surface area contributed by atoms with E-state index in [-0.39, 0.29) is 23.1 Å². The van der Waals surface area contributed by atoms with Gasteiger partial charge in [-0.15, -0.1) is 0 Å². The Bertz CT molecular complexity index is 971. The van der Waals surface area contributed by atoms with Crippen molar-refractivity contribution in [2.45, 2.75) is 18.7 Å². The molecule has 1 amide bonds. The highest BCUT2D eigenvalue weighted by Gasteiger charge is 2.32. The molecule has 0 spiro atoms. The fourth-order valence-corrected chi connectivity index (χ4v) is 5.21. The van der Waals surface area contributed by atoms with Crippen molar-refractivity contribution < 1.29 is 17.9 Å². The second-order valence-corrected chi connectivity index (χ2v) is 9.15. The van der Waals surface area contributed by atoms with E-state index in [1.54, 1.807) is 47.4 Å². The number of hydrogen-bond donors (Lipinski definition) is 0. The summed E-state index contributed by atoms with van der Waals surface area (Å²) < 4.78 is 33.8. The summed E-state index contributed by atoms with van der Waals surface area (Å²) in [7, 11) is -2.58. The first-order valence-corrected chi connectivity index (χ1v) is 11.5. The van der Waals surface area contributed by atoms with Crippen LogP contribution in [-0.2, 0) is 14.8 Å². The number of carbonyl (C=O) groups excluding carboxylic acids is 1. The van der Waals surface area contributed by atoms with E-state index in [1.807, 2.05) is 13.0 Å². The van der Waals surface area contributed by atoms with Gasteiger partial charge >= 0.3 is 0 Å². The summed E-state index contributed by atoms with van der Waals surface area (Å²) in [6.45, 7) is 7.40. The molecule has 7 nitrogen and oxygen atoms in total. The van der Waals surface area contributed by atoms with Gasteiger partial charge in [-0.3, -0.25) is 9.10 Å². The molecule has 0 N–H and O–H groups in total. The van der Waals surface area contributed by atoms with E-state index >= 15 is 0 Å². The van der Waals surface area contributed by atoms with Gasteiger partial charge in [0, 0.05) is 26.2 Å². The van der Waals surface area contributed by atoms with Gasteiger partial charge in [-0.1, -0.05) is 31.2 Å². The normalized spacial score (nSPS) is 15.1. The van der Waals surface area contributed by atoms with Gasteiger partial charge in [0.25, 0.3) is 10.0 Å². The lowest BCUT2D eigenvalue weighted by molar-refractivity contribution is -0.131. The number of methoxy groups -OCH3 is 1. The molecule has 1 heterocycles. The topological polar surface area (TPSA) is 70.2 Å². The first-order chi connectivity index (χ1) is 14.4. The predicted molar refractivity (Wildman–Crippen MR) is 117 cm³/mol. The van der Waals surface area contributed by atoms with Crippen molar-refractivity contribution in [1.82, 2.24) is 9.80 Å². The molecule has 1 aliphatic heterocycles. The molecule has 2 aromatic rings. The van der Waals surface area contributed by atoms with E-state index in [1.165, 1.54) is 11.4 Å². The van der Waals surface area contributed by atoms with Crippen molar-refractivity contribution in [1.29, 1.82) is 0 Å². The summed E-state index contributed by atoms with van der Waals surface area (Å²) in [4.78, 5) is 17.1. The predicted octanol–water partition coefficient (Wildman–Crippen LogP) is 2.36. The highest BCUT2D eigenvalue weighted by Crippen LogP contribution is 2.31. The van der Waals surface area contributed by atoms with E-state index in [0.717, 1.165) is 25.2 Å². The van der Waals surface area contributed by atoms with E-state index in [4.69, 9.17) is 4.74 Å². The maximum atomic E-state index is 13.6. The first kappa shape index (κ1) is 22.1. The Balaban J connectivity index is 1.94. The van der Waals surface area contributed by atoms with Crippen LogP contribution in [0, 0.1) is 6.92 Å². The average Bonchev–Trinajstić information content (AvgIpc) is 2.77. The van der Waals surface area contributed by atoms with Crippen molar-refractivity contribution in [2.75, 3.05) is 50.7 Å². The molecule has 0 radical (unpaired) electrons. The lowest BCUT2D eigenvalue weighted by Gasteiger charge is -2.35. The number of ether oxygens (including phenoxy) is 1. The fourth-order valence-electron chi connectivity index (χ4n) is 3.55. The average molecular weight is 432 g/mol. The molecule has 0 aromatic heterocycles. The lowest BCUT2D eigenvalue weighted by Crippen LogP contribution is -2.51. The van der Waals surface area contributed by atoms with Crippen LogP contribution in [0.25, 0.3) is 0 Å². The number of benzene rings is 2. The van der Waals surface area contributed by atoms with Crippen LogP contribution < -0.4 is 9.04 Å².